The highest BCUT2D eigenvalue weighted by molar-refractivity contribution is 7.14. The average molecular weight is 391 g/mol. The molecule has 0 spiro atoms. The molecular weight excluding hydrogens is 374 g/mol. The third-order valence-corrected chi connectivity index (χ3v) is 4.98. The largest absolute Gasteiger partial charge is 0.493 e. The number of nitrogens with one attached hydrogen (secondary N) is 1. The van der Waals surface area contributed by atoms with Gasteiger partial charge in [-0.15, -0.1) is 11.3 Å². The van der Waals surface area contributed by atoms with Crippen molar-refractivity contribution in [3.63, 3.8) is 0 Å². The van der Waals surface area contributed by atoms with Gasteiger partial charge in [-0.05, 0) is 24.6 Å². The lowest BCUT2D eigenvalue weighted by Crippen LogP contribution is -2.04. The molecule has 28 heavy (non-hydrogen) atoms. The topological polar surface area (TPSA) is 76.7 Å². The van der Waals surface area contributed by atoms with Crippen LogP contribution in [0.25, 0.3) is 22.2 Å². The van der Waals surface area contributed by atoms with Crippen LogP contribution in [0.1, 0.15) is 12.5 Å². The van der Waals surface area contributed by atoms with E-state index in [4.69, 9.17) is 9.15 Å². The number of nitrogens with zero attached hydrogens (tertiary/aromatic N) is 2. The van der Waals surface area contributed by atoms with Crippen LogP contribution in [0, 0.1) is 0 Å². The molecule has 0 unspecified atom stereocenters. The van der Waals surface area contributed by atoms with E-state index in [1.54, 1.807) is 24.6 Å². The monoisotopic (exact) mass is 391 g/mol. The first-order valence-corrected chi connectivity index (χ1v) is 9.46. The molecule has 0 aliphatic carbocycles. The van der Waals surface area contributed by atoms with Gasteiger partial charge in [0, 0.05) is 10.8 Å². The Bertz CT molecular complexity index is 1210. The van der Waals surface area contributed by atoms with Crippen molar-refractivity contribution in [2.24, 2.45) is 5.10 Å². The SMILES string of the molecule is COc1cccc2cc(-c3csc(NN=C(C)c4ccccc4)n3)c(=O)oc12. The molecule has 4 rings (SSSR count). The Balaban J connectivity index is 1.63. The van der Waals surface area contributed by atoms with Crippen molar-refractivity contribution >= 4 is 33.1 Å². The average Bonchev–Trinajstić information content (AvgIpc) is 3.20. The first kappa shape index (κ1) is 17.9. The molecule has 0 saturated heterocycles. The van der Waals surface area contributed by atoms with Crippen molar-refractivity contribution in [2.45, 2.75) is 6.92 Å². The van der Waals surface area contributed by atoms with Gasteiger partial charge in [-0.25, -0.2) is 9.78 Å². The maximum absolute atomic E-state index is 12.5. The summed E-state index contributed by atoms with van der Waals surface area (Å²) < 4.78 is 10.7. The Labute approximate surface area is 165 Å². The second-order valence-electron chi connectivity index (χ2n) is 6.04. The van der Waals surface area contributed by atoms with Gasteiger partial charge in [0.15, 0.2) is 11.3 Å². The maximum atomic E-state index is 12.5. The van der Waals surface area contributed by atoms with Crippen molar-refractivity contribution in [3.05, 3.63) is 76.0 Å². The highest BCUT2D eigenvalue weighted by Gasteiger charge is 2.13. The standard InChI is InChI=1S/C21H17N3O3S/c1-13(14-7-4-3-5-8-14)23-24-21-22-17(12-28-21)16-11-15-9-6-10-18(26-2)19(15)27-20(16)25/h3-12H,1-2H3,(H,22,24). The zero-order valence-corrected chi connectivity index (χ0v) is 16.1. The number of hydrogen-bond acceptors (Lipinski definition) is 7. The van der Waals surface area contributed by atoms with Crippen molar-refractivity contribution in [1.82, 2.24) is 4.98 Å². The summed E-state index contributed by atoms with van der Waals surface area (Å²) in [4.78, 5) is 16.9. The van der Waals surface area contributed by atoms with Crippen molar-refractivity contribution in [3.8, 4) is 17.0 Å². The van der Waals surface area contributed by atoms with Crippen molar-refractivity contribution in [1.29, 1.82) is 0 Å². The number of benzene rings is 2. The molecule has 2 aromatic carbocycles. The van der Waals surface area contributed by atoms with Crippen LogP contribution in [0.5, 0.6) is 5.75 Å². The predicted octanol–water partition coefficient (Wildman–Crippen LogP) is 4.76. The molecule has 0 bridgehead atoms. The molecule has 2 aromatic heterocycles. The smallest absolute Gasteiger partial charge is 0.345 e. The number of aromatic nitrogens is 1. The van der Waals surface area contributed by atoms with Gasteiger partial charge in [0.2, 0.25) is 5.13 Å². The third-order valence-electron chi connectivity index (χ3n) is 4.23. The lowest BCUT2D eigenvalue weighted by Gasteiger charge is -2.04. The molecule has 0 saturated carbocycles. The molecule has 0 fully saturated rings. The first-order valence-electron chi connectivity index (χ1n) is 8.58. The van der Waals surface area contributed by atoms with Crippen LogP contribution in [0.2, 0.25) is 0 Å². The van der Waals surface area contributed by atoms with Gasteiger partial charge >= 0.3 is 5.63 Å². The number of para-hydroxylation sites is 1. The summed E-state index contributed by atoms with van der Waals surface area (Å²) in [5, 5.41) is 7.53. The Kier molecular flexibility index (Phi) is 4.90. The van der Waals surface area contributed by atoms with Gasteiger partial charge in [0.25, 0.3) is 0 Å². The number of hydrazone groups is 1. The fourth-order valence-electron chi connectivity index (χ4n) is 2.78. The number of hydrogen-bond donors (Lipinski definition) is 1. The molecule has 6 nitrogen and oxygen atoms in total. The fourth-order valence-corrected chi connectivity index (χ4v) is 3.43. The minimum Gasteiger partial charge on any atom is -0.493 e. The third kappa shape index (κ3) is 3.52. The van der Waals surface area contributed by atoms with E-state index >= 15 is 0 Å². The Morgan fingerprint density at radius 1 is 1.18 bits per heavy atom. The Morgan fingerprint density at radius 3 is 2.79 bits per heavy atom. The summed E-state index contributed by atoms with van der Waals surface area (Å²) in [5.74, 6) is 0.521. The number of anilines is 1. The molecule has 2 heterocycles. The van der Waals surface area contributed by atoms with Gasteiger partial charge in [-0.2, -0.15) is 5.10 Å². The summed E-state index contributed by atoms with van der Waals surface area (Å²) in [5.41, 5.74) is 5.72. The van der Waals surface area contributed by atoms with Gasteiger partial charge < -0.3 is 9.15 Å². The molecule has 140 valence electrons. The van der Waals surface area contributed by atoms with Crippen LogP contribution < -0.4 is 15.8 Å². The van der Waals surface area contributed by atoms with E-state index in [9.17, 15) is 4.79 Å². The van der Waals surface area contributed by atoms with Gasteiger partial charge in [-0.1, -0.05) is 42.5 Å². The van der Waals surface area contributed by atoms with E-state index < -0.39 is 5.63 Å². The maximum Gasteiger partial charge on any atom is 0.345 e. The van der Waals surface area contributed by atoms with E-state index in [-0.39, 0.29) is 0 Å². The number of methoxy groups -OCH3 is 1. The molecular formula is C21H17N3O3S. The van der Waals surface area contributed by atoms with Crippen LogP contribution in [-0.2, 0) is 0 Å². The lowest BCUT2D eigenvalue weighted by molar-refractivity contribution is 0.407. The normalized spacial score (nSPS) is 11.6. The Morgan fingerprint density at radius 2 is 2.00 bits per heavy atom. The minimum absolute atomic E-state index is 0.397. The first-order chi connectivity index (χ1) is 13.7. The van der Waals surface area contributed by atoms with E-state index in [1.165, 1.54) is 11.3 Å². The molecule has 1 N–H and O–H groups in total. The predicted molar refractivity (Wildman–Crippen MR) is 112 cm³/mol. The highest BCUT2D eigenvalue weighted by atomic mass is 32.1. The van der Waals surface area contributed by atoms with E-state index in [0.717, 1.165) is 16.7 Å². The summed E-state index contributed by atoms with van der Waals surface area (Å²) in [6.07, 6.45) is 0. The molecule has 0 atom stereocenters. The molecule has 0 aliphatic rings. The summed E-state index contributed by atoms with van der Waals surface area (Å²) in [6.45, 7) is 1.92. The fraction of sp³-hybridized carbons (Fsp3) is 0.0952. The summed E-state index contributed by atoms with van der Waals surface area (Å²) in [6, 6.07) is 17.1. The highest BCUT2D eigenvalue weighted by Crippen LogP contribution is 2.29. The zero-order chi connectivity index (χ0) is 19.5. The molecule has 0 radical (unpaired) electrons. The Hall–Kier alpha value is -3.45. The zero-order valence-electron chi connectivity index (χ0n) is 15.3. The lowest BCUT2D eigenvalue weighted by atomic mass is 10.1. The summed E-state index contributed by atoms with van der Waals surface area (Å²) >= 11 is 1.37. The van der Waals surface area contributed by atoms with Crippen molar-refractivity contribution in [2.75, 3.05) is 12.5 Å². The van der Waals surface area contributed by atoms with Gasteiger partial charge in [0.05, 0.1) is 24.1 Å². The summed E-state index contributed by atoms with van der Waals surface area (Å²) in [7, 11) is 1.54. The number of fused-ring (bicyclic) bond motifs is 1. The van der Waals surface area contributed by atoms with Gasteiger partial charge in [0.1, 0.15) is 0 Å². The quantitative estimate of drug-likeness (QED) is 0.301. The number of rotatable bonds is 5. The van der Waals surface area contributed by atoms with Crippen LogP contribution in [-0.4, -0.2) is 17.8 Å². The second kappa shape index (κ2) is 7.66. The van der Waals surface area contributed by atoms with Crippen molar-refractivity contribution < 1.29 is 9.15 Å². The van der Waals surface area contributed by atoms with Crippen LogP contribution in [0.15, 0.2) is 74.3 Å². The second-order valence-corrected chi connectivity index (χ2v) is 6.90. The van der Waals surface area contributed by atoms with E-state index in [1.807, 2.05) is 49.4 Å². The van der Waals surface area contributed by atoms with Crippen LogP contribution >= 0.6 is 11.3 Å². The van der Waals surface area contributed by atoms with E-state index in [2.05, 4.69) is 15.5 Å². The minimum atomic E-state index is -0.460. The molecule has 4 aromatic rings. The number of thiazole rings is 1. The van der Waals surface area contributed by atoms with Crippen LogP contribution in [0.4, 0.5) is 5.13 Å². The van der Waals surface area contributed by atoms with Crippen LogP contribution in [0.3, 0.4) is 0 Å². The van der Waals surface area contributed by atoms with E-state index in [0.29, 0.717) is 27.7 Å². The van der Waals surface area contributed by atoms with Gasteiger partial charge in [-0.3, -0.25) is 5.43 Å². The molecule has 0 amide bonds. The molecule has 7 heteroatoms. The number of ether oxygens (including phenoxy) is 1. The molecule has 0 aliphatic heterocycles.